The number of hydrogen-bond acceptors (Lipinski definition) is 6. The lowest BCUT2D eigenvalue weighted by Gasteiger charge is -2.18. The van der Waals surface area contributed by atoms with Gasteiger partial charge in [-0.3, -0.25) is 4.79 Å². The van der Waals surface area contributed by atoms with E-state index >= 15 is 0 Å². The number of carbonyl (C=O) groups is 1. The van der Waals surface area contributed by atoms with Crippen molar-refractivity contribution in [2.75, 3.05) is 27.3 Å². The number of nitriles is 1. The Kier molecular flexibility index (Phi) is 5.23. The Bertz CT molecular complexity index is 847. The Morgan fingerprint density at radius 2 is 2.04 bits per heavy atom. The molecule has 2 aromatic rings. The van der Waals surface area contributed by atoms with E-state index < -0.39 is 0 Å². The molecule has 7 heteroatoms. The van der Waals surface area contributed by atoms with Crippen molar-refractivity contribution < 1.29 is 19.0 Å². The molecule has 1 atom stereocenters. The molecule has 1 aliphatic rings. The Labute approximate surface area is 151 Å². The van der Waals surface area contributed by atoms with Crippen LogP contribution in [0.5, 0.6) is 17.4 Å². The predicted octanol–water partition coefficient (Wildman–Crippen LogP) is 2.26. The van der Waals surface area contributed by atoms with Gasteiger partial charge in [0.15, 0.2) is 11.5 Å². The Morgan fingerprint density at radius 3 is 2.77 bits per heavy atom. The predicted molar refractivity (Wildman–Crippen MR) is 93.4 cm³/mol. The Hall–Kier alpha value is -3.27. The molecule has 3 rings (SSSR count). The van der Waals surface area contributed by atoms with E-state index in [1.807, 2.05) is 0 Å². The summed E-state index contributed by atoms with van der Waals surface area (Å²) in [4.78, 5) is 18.6. The molecule has 0 radical (unpaired) electrons. The van der Waals surface area contributed by atoms with E-state index in [2.05, 4.69) is 11.1 Å². The maximum absolute atomic E-state index is 12.7. The van der Waals surface area contributed by atoms with Crippen LogP contribution in [0.1, 0.15) is 22.3 Å². The van der Waals surface area contributed by atoms with Gasteiger partial charge in [-0.05, 0) is 24.3 Å². The summed E-state index contributed by atoms with van der Waals surface area (Å²) in [5.41, 5.74) is 1.03. The van der Waals surface area contributed by atoms with Crippen LogP contribution in [0.25, 0.3) is 0 Å². The van der Waals surface area contributed by atoms with E-state index in [0.29, 0.717) is 48.0 Å². The SMILES string of the molecule is COc1ccc(C(=O)N2CCC(Oc3cc(C#N)ccn3)C2)cc1OC. The molecular formula is C19H19N3O4. The minimum atomic E-state index is -0.152. The molecule has 1 aromatic carbocycles. The lowest BCUT2D eigenvalue weighted by Crippen LogP contribution is -2.31. The van der Waals surface area contributed by atoms with Crippen LogP contribution in [0, 0.1) is 11.3 Å². The summed E-state index contributed by atoms with van der Waals surface area (Å²) in [6.07, 6.45) is 2.09. The molecule has 7 nitrogen and oxygen atoms in total. The molecule has 0 saturated carbocycles. The Morgan fingerprint density at radius 1 is 1.23 bits per heavy atom. The molecule has 0 aliphatic carbocycles. The van der Waals surface area contributed by atoms with E-state index in [0.717, 1.165) is 0 Å². The van der Waals surface area contributed by atoms with Crippen LogP contribution in [-0.2, 0) is 0 Å². The van der Waals surface area contributed by atoms with Gasteiger partial charge in [0.25, 0.3) is 5.91 Å². The number of aromatic nitrogens is 1. The number of nitrogens with zero attached hydrogens (tertiary/aromatic N) is 3. The first-order valence-electron chi connectivity index (χ1n) is 8.18. The molecule has 1 saturated heterocycles. The van der Waals surface area contributed by atoms with Crippen molar-refractivity contribution in [3.63, 3.8) is 0 Å². The van der Waals surface area contributed by atoms with Gasteiger partial charge in [0, 0.05) is 30.8 Å². The molecule has 134 valence electrons. The van der Waals surface area contributed by atoms with Gasteiger partial charge in [-0.15, -0.1) is 0 Å². The largest absolute Gasteiger partial charge is 0.493 e. The third kappa shape index (κ3) is 3.70. The summed E-state index contributed by atoms with van der Waals surface area (Å²) in [7, 11) is 3.09. The summed E-state index contributed by atoms with van der Waals surface area (Å²) in [5.74, 6) is 1.41. The van der Waals surface area contributed by atoms with Crippen LogP contribution < -0.4 is 14.2 Å². The molecule has 1 fully saturated rings. The number of carbonyl (C=O) groups excluding carboxylic acids is 1. The molecule has 0 bridgehead atoms. The number of benzene rings is 1. The van der Waals surface area contributed by atoms with Crippen LogP contribution in [-0.4, -0.2) is 49.2 Å². The van der Waals surface area contributed by atoms with Gasteiger partial charge in [0.05, 0.1) is 32.4 Å². The lowest BCUT2D eigenvalue weighted by molar-refractivity contribution is 0.0770. The summed E-state index contributed by atoms with van der Waals surface area (Å²) < 4.78 is 16.3. The van der Waals surface area contributed by atoms with Crippen LogP contribution in [0.2, 0.25) is 0 Å². The molecular weight excluding hydrogens is 334 g/mol. The first-order chi connectivity index (χ1) is 12.6. The van der Waals surface area contributed by atoms with Crippen molar-refractivity contribution in [3.05, 3.63) is 47.7 Å². The minimum Gasteiger partial charge on any atom is -0.493 e. The highest BCUT2D eigenvalue weighted by Gasteiger charge is 2.29. The second-order valence-electron chi connectivity index (χ2n) is 5.84. The van der Waals surface area contributed by atoms with Gasteiger partial charge in [-0.1, -0.05) is 0 Å². The van der Waals surface area contributed by atoms with Gasteiger partial charge in [0.1, 0.15) is 6.10 Å². The van der Waals surface area contributed by atoms with Gasteiger partial charge in [0.2, 0.25) is 5.88 Å². The highest BCUT2D eigenvalue weighted by molar-refractivity contribution is 5.95. The van der Waals surface area contributed by atoms with Gasteiger partial charge in [-0.25, -0.2) is 4.98 Å². The molecule has 0 spiro atoms. The Balaban J connectivity index is 1.66. The number of amides is 1. The van der Waals surface area contributed by atoms with Crippen LogP contribution in [0.15, 0.2) is 36.5 Å². The zero-order valence-electron chi connectivity index (χ0n) is 14.6. The smallest absolute Gasteiger partial charge is 0.254 e. The fraction of sp³-hybridized carbons (Fsp3) is 0.316. The van der Waals surface area contributed by atoms with Crippen molar-refractivity contribution in [3.8, 4) is 23.4 Å². The van der Waals surface area contributed by atoms with Gasteiger partial charge < -0.3 is 19.1 Å². The van der Waals surface area contributed by atoms with Crippen molar-refractivity contribution in [1.82, 2.24) is 9.88 Å². The number of rotatable bonds is 5. The van der Waals surface area contributed by atoms with Gasteiger partial charge >= 0.3 is 0 Å². The summed E-state index contributed by atoms with van der Waals surface area (Å²) in [6.45, 7) is 1.06. The van der Waals surface area contributed by atoms with Gasteiger partial charge in [-0.2, -0.15) is 5.26 Å². The summed E-state index contributed by atoms with van der Waals surface area (Å²) in [6, 6.07) is 10.4. The first-order valence-corrected chi connectivity index (χ1v) is 8.18. The number of ether oxygens (including phenoxy) is 3. The first kappa shape index (κ1) is 17.5. The molecule has 2 heterocycles. The van der Waals surface area contributed by atoms with Crippen LogP contribution in [0.4, 0.5) is 0 Å². The van der Waals surface area contributed by atoms with Crippen molar-refractivity contribution in [2.45, 2.75) is 12.5 Å². The zero-order valence-corrected chi connectivity index (χ0v) is 14.6. The van der Waals surface area contributed by atoms with Crippen LogP contribution >= 0.6 is 0 Å². The number of methoxy groups -OCH3 is 2. The summed E-state index contributed by atoms with van der Waals surface area (Å²) >= 11 is 0. The van der Waals surface area contributed by atoms with E-state index in [-0.39, 0.29) is 12.0 Å². The molecule has 1 aliphatic heterocycles. The van der Waals surface area contributed by atoms with Crippen molar-refractivity contribution in [1.29, 1.82) is 5.26 Å². The normalized spacial score (nSPS) is 16.0. The highest BCUT2D eigenvalue weighted by Crippen LogP contribution is 2.28. The third-order valence-electron chi connectivity index (χ3n) is 4.21. The number of hydrogen-bond donors (Lipinski definition) is 0. The van der Waals surface area contributed by atoms with E-state index in [1.54, 1.807) is 42.3 Å². The van der Waals surface area contributed by atoms with E-state index in [1.165, 1.54) is 13.3 Å². The second kappa shape index (κ2) is 7.74. The quantitative estimate of drug-likeness (QED) is 0.820. The maximum atomic E-state index is 12.7. The fourth-order valence-electron chi connectivity index (χ4n) is 2.87. The fourth-order valence-corrected chi connectivity index (χ4v) is 2.87. The molecule has 1 aromatic heterocycles. The number of pyridine rings is 1. The second-order valence-corrected chi connectivity index (χ2v) is 5.84. The maximum Gasteiger partial charge on any atom is 0.254 e. The lowest BCUT2D eigenvalue weighted by atomic mass is 10.1. The van der Waals surface area contributed by atoms with Crippen molar-refractivity contribution in [2.24, 2.45) is 0 Å². The van der Waals surface area contributed by atoms with E-state index in [9.17, 15) is 4.79 Å². The third-order valence-corrected chi connectivity index (χ3v) is 4.21. The molecule has 0 N–H and O–H groups in total. The topological polar surface area (TPSA) is 84.7 Å². The summed E-state index contributed by atoms with van der Waals surface area (Å²) in [5, 5.41) is 8.94. The van der Waals surface area contributed by atoms with E-state index in [4.69, 9.17) is 19.5 Å². The monoisotopic (exact) mass is 353 g/mol. The standard InChI is InChI=1S/C19H19N3O4/c1-24-16-4-3-14(10-17(16)25-2)19(23)22-8-6-15(12-22)26-18-9-13(11-20)5-7-21-18/h3-5,7,9-10,15H,6,8,12H2,1-2H3. The molecule has 1 amide bonds. The molecule has 26 heavy (non-hydrogen) atoms. The average Bonchev–Trinajstić information content (AvgIpc) is 3.15. The minimum absolute atomic E-state index is 0.0872. The van der Waals surface area contributed by atoms with Crippen LogP contribution in [0.3, 0.4) is 0 Å². The highest BCUT2D eigenvalue weighted by atomic mass is 16.5. The zero-order chi connectivity index (χ0) is 18.5. The average molecular weight is 353 g/mol. The number of likely N-dealkylation sites (tertiary alicyclic amines) is 1. The van der Waals surface area contributed by atoms with Crippen molar-refractivity contribution >= 4 is 5.91 Å². The molecule has 1 unspecified atom stereocenters.